The van der Waals surface area contributed by atoms with Gasteiger partial charge in [0.15, 0.2) is 0 Å². The molecule has 3 aromatic rings. The number of carboxylic acid groups (broad SMARTS) is 3. The van der Waals surface area contributed by atoms with Gasteiger partial charge >= 0.3 is 17.9 Å². The van der Waals surface area contributed by atoms with Crippen LogP contribution in [0.15, 0.2) is 54.7 Å². The minimum absolute atomic E-state index is 0.0483. The van der Waals surface area contributed by atoms with Crippen molar-refractivity contribution in [2.24, 2.45) is 0 Å². The smallest absolute Gasteiger partial charge is 0.317 e. The number of carbonyl (C=O) groups is 9. The molecule has 6 amide bonds. The summed E-state index contributed by atoms with van der Waals surface area (Å²) >= 11 is 0. The second kappa shape index (κ2) is 31.1. The predicted molar refractivity (Wildman–Crippen MR) is 295 cm³/mol. The Bertz CT molecular complexity index is 2800. The fourth-order valence-corrected chi connectivity index (χ4v) is 9.31. The number of halogens is 2. The molecule has 5 rings (SSSR count). The highest BCUT2D eigenvalue weighted by atomic mass is 19.3. The van der Waals surface area contributed by atoms with E-state index in [0.29, 0.717) is 24.2 Å². The lowest BCUT2D eigenvalue weighted by Crippen LogP contribution is -2.49. The molecule has 27 heteroatoms. The number of alkyl halides is 2. The van der Waals surface area contributed by atoms with E-state index >= 15 is 0 Å². The van der Waals surface area contributed by atoms with Crippen LogP contribution >= 0.6 is 0 Å². The number of amides is 6. The average molecular weight is 1150 g/mol. The molecule has 0 spiro atoms. The Labute approximate surface area is 473 Å². The summed E-state index contributed by atoms with van der Waals surface area (Å²) in [4.78, 5) is 126. The standard InChI is InChI=1S/C55H73F2N13O12/c1-35-24-38(7-9-43(35)59)39-8-10-44(36(2)25-39)65-53(81)45(6-4-5-14-61-48(73)30-66-16-18-67(31-49(74)75)20-22-69(33-51(78)79)23-21-68(19-17-66)32-50(76)77)64-47(72)12-11-46(71)62-29-41-26-40(13-15-60-41)52(80)63-37(3)54(82)70-34-55(56,57)27-42(70)28-58/h7-10,13,15,24-26,37,42,45H,4-6,11-12,14,16-23,27,29-34,59H2,1-3H3,(H,61,73)(H,62,71)(H,63,80)(H,64,72)(H,65,81)(H,74,75)(H,76,77)(H,78,79)/t37?,42-,45?/m0/s1. The Morgan fingerprint density at radius 3 is 1.82 bits per heavy atom. The third-order valence-electron chi connectivity index (χ3n) is 13.9. The normalized spacial score (nSPS) is 17.2. The molecule has 3 heterocycles. The number of pyridine rings is 1. The molecular weight excluding hydrogens is 1070 g/mol. The van der Waals surface area contributed by atoms with E-state index in [2.05, 4.69) is 31.6 Å². The number of rotatable bonds is 25. The van der Waals surface area contributed by atoms with Crippen LogP contribution < -0.4 is 32.3 Å². The summed E-state index contributed by atoms with van der Waals surface area (Å²) in [7, 11) is 0. The maximum atomic E-state index is 14.0. The first-order valence-electron chi connectivity index (χ1n) is 26.9. The van der Waals surface area contributed by atoms with Crippen molar-refractivity contribution < 1.29 is 67.3 Å². The summed E-state index contributed by atoms with van der Waals surface area (Å²) in [5.74, 6) is -10.1. The number of aliphatic carboxylic acids is 3. The van der Waals surface area contributed by atoms with E-state index in [1.165, 1.54) is 25.3 Å². The molecule has 1 aromatic heterocycles. The lowest BCUT2D eigenvalue weighted by molar-refractivity contribution is -0.140. The molecule has 2 unspecified atom stereocenters. The number of carbonyl (C=O) groups excluding carboxylic acids is 6. The van der Waals surface area contributed by atoms with Gasteiger partial charge in [-0.1, -0.05) is 12.1 Å². The summed E-state index contributed by atoms with van der Waals surface area (Å²) in [5, 5.41) is 51.5. The molecule has 0 bridgehead atoms. The molecule has 2 saturated heterocycles. The van der Waals surface area contributed by atoms with Gasteiger partial charge < -0.3 is 52.5 Å². The zero-order valence-electron chi connectivity index (χ0n) is 46.3. The van der Waals surface area contributed by atoms with Crippen LogP contribution in [0.5, 0.6) is 0 Å². The number of anilines is 2. The van der Waals surface area contributed by atoms with Crippen molar-refractivity contribution in [2.75, 3.05) is 103 Å². The van der Waals surface area contributed by atoms with Gasteiger partial charge in [0.05, 0.1) is 51.0 Å². The molecule has 2 aliphatic rings. The largest absolute Gasteiger partial charge is 0.480 e. The molecule has 2 aromatic carbocycles. The molecule has 3 atom stereocenters. The number of likely N-dealkylation sites (tertiary alicyclic amines) is 1. The van der Waals surface area contributed by atoms with Crippen molar-refractivity contribution in [1.82, 2.24) is 50.8 Å². The van der Waals surface area contributed by atoms with Gasteiger partial charge in [0, 0.05) is 101 Å². The predicted octanol–water partition coefficient (Wildman–Crippen LogP) is 1.11. The summed E-state index contributed by atoms with van der Waals surface area (Å²) in [5.41, 5.74) is 10.9. The molecule has 10 N–H and O–H groups in total. The van der Waals surface area contributed by atoms with Crippen LogP contribution in [0.4, 0.5) is 20.2 Å². The fraction of sp³-hybridized carbons (Fsp3) is 0.509. The van der Waals surface area contributed by atoms with Gasteiger partial charge in [-0.05, 0) is 98.7 Å². The van der Waals surface area contributed by atoms with Crippen molar-refractivity contribution in [3.05, 3.63) is 77.1 Å². The number of aromatic nitrogens is 1. The van der Waals surface area contributed by atoms with E-state index in [4.69, 9.17) is 5.73 Å². The van der Waals surface area contributed by atoms with E-state index < -0.39 is 84.5 Å². The second-order valence-corrected chi connectivity index (χ2v) is 20.5. The van der Waals surface area contributed by atoms with Gasteiger partial charge in [0.25, 0.3) is 11.8 Å². The third kappa shape index (κ3) is 21.4. The molecular formula is C55H73F2N13O12. The van der Waals surface area contributed by atoms with Crippen LogP contribution in [0.25, 0.3) is 11.1 Å². The molecule has 0 radical (unpaired) electrons. The molecule has 25 nitrogen and oxygen atoms in total. The monoisotopic (exact) mass is 1150 g/mol. The van der Waals surface area contributed by atoms with Gasteiger partial charge in [0.2, 0.25) is 29.5 Å². The van der Waals surface area contributed by atoms with E-state index in [9.17, 15) is 72.5 Å². The van der Waals surface area contributed by atoms with E-state index in [1.807, 2.05) is 44.2 Å². The van der Waals surface area contributed by atoms with Gasteiger partial charge in [-0.25, -0.2) is 8.78 Å². The Morgan fingerprint density at radius 2 is 1.27 bits per heavy atom. The molecule has 0 aliphatic carbocycles. The number of unbranched alkanes of at least 4 members (excludes halogenated alkanes) is 1. The number of aryl methyl sites for hydroxylation is 2. The zero-order valence-corrected chi connectivity index (χ0v) is 46.3. The number of nitrogens with one attached hydrogen (secondary N) is 5. The van der Waals surface area contributed by atoms with E-state index in [1.54, 1.807) is 31.7 Å². The van der Waals surface area contributed by atoms with Crippen LogP contribution in [0, 0.1) is 25.2 Å². The van der Waals surface area contributed by atoms with Crippen LogP contribution in [0.2, 0.25) is 0 Å². The van der Waals surface area contributed by atoms with Crippen LogP contribution in [-0.2, 0) is 44.9 Å². The van der Waals surface area contributed by atoms with Crippen molar-refractivity contribution in [3.8, 4) is 17.2 Å². The first-order chi connectivity index (χ1) is 38.9. The summed E-state index contributed by atoms with van der Waals surface area (Å²) in [6.45, 7) is 4.95. The lowest BCUT2D eigenvalue weighted by atomic mass is 10.00. The number of carboxylic acids is 3. The highest BCUT2D eigenvalue weighted by Gasteiger charge is 2.48. The van der Waals surface area contributed by atoms with Gasteiger partial charge in [0.1, 0.15) is 18.1 Å². The van der Waals surface area contributed by atoms with E-state index in [0.717, 1.165) is 27.2 Å². The Morgan fingerprint density at radius 1 is 0.720 bits per heavy atom. The fourth-order valence-electron chi connectivity index (χ4n) is 9.31. The zero-order chi connectivity index (χ0) is 60.1. The quantitative estimate of drug-likeness (QED) is 0.0424. The average Bonchev–Trinajstić information content (AvgIpc) is 3.97. The first kappa shape index (κ1) is 64.6. The van der Waals surface area contributed by atoms with Gasteiger partial charge in [-0.15, -0.1) is 0 Å². The number of benzene rings is 2. The maximum Gasteiger partial charge on any atom is 0.317 e. The van der Waals surface area contributed by atoms with Crippen molar-refractivity contribution >= 4 is 64.7 Å². The first-order valence-corrected chi connectivity index (χ1v) is 26.9. The minimum Gasteiger partial charge on any atom is -0.480 e. The molecule has 444 valence electrons. The number of nitrogens with two attached hydrogens (primary N) is 1. The lowest BCUT2D eigenvalue weighted by Gasteiger charge is -2.32. The number of hydrogen-bond donors (Lipinski definition) is 9. The van der Waals surface area contributed by atoms with Gasteiger partial charge in [-0.3, -0.25) is 67.7 Å². The topological polar surface area (TPSA) is 353 Å². The SMILES string of the molecule is Cc1cc(-c2ccc(NC(=O)C(CCCCNC(=O)CN3CCN(CC(=O)O)CCN(CC(=O)O)CCN(CC(=O)O)CC3)NC(=O)CCC(=O)NCc3cc(C(=O)NC(C)C(=O)N4CC(F)(F)C[C@H]4C#N)ccn3)c(C)c2)ccc1N. The summed E-state index contributed by atoms with van der Waals surface area (Å²) in [6, 6.07) is 11.9. The second-order valence-electron chi connectivity index (χ2n) is 20.5. The summed E-state index contributed by atoms with van der Waals surface area (Å²) < 4.78 is 27.9. The van der Waals surface area contributed by atoms with Crippen LogP contribution in [0.3, 0.4) is 0 Å². The highest BCUT2D eigenvalue weighted by molar-refractivity contribution is 5.99. The highest BCUT2D eigenvalue weighted by Crippen LogP contribution is 2.32. The van der Waals surface area contributed by atoms with Crippen LogP contribution in [-0.4, -0.2) is 214 Å². The molecule has 2 aliphatic heterocycles. The molecule has 2 fully saturated rings. The van der Waals surface area contributed by atoms with Crippen molar-refractivity contribution in [2.45, 2.75) is 89.9 Å². The molecule has 82 heavy (non-hydrogen) atoms. The molecule has 0 saturated carbocycles. The Kier molecular flexibility index (Phi) is 24.5. The van der Waals surface area contributed by atoms with E-state index in [-0.39, 0.29) is 128 Å². The van der Waals surface area contributed by atoms with Crippen molar-refractivity contribution in [3.63, 3.8) is 0 Å². The Hall–Kier alpha value is -8.19. The maximum absolute atomic E-state index is 14.0. The minimum atomic E-state index is -3.23. The Balaban J connectivity index is 1.17. The third-order valence-corrected chi connectivity index (χ3v) is 13.9. The van der Waals surface area contributed by atoms with Crippen molar-refractivity contribution in [1.29, 1.82) is 5.26 Å². The van der Waals surface area contributed by atoms with Crippen LogP contribution in [0.1, 0.15) is 72.6 Å². The number of hydrogen-bond acceptors (Lipinski definition) is 16. The number of nitrogens with zero attached hydrogens (tertiary/aromatic N) is 7. The van der Waals surface area contributed by atoms with Gasteiger partial charge in [-0.2, -0.15) is 5.26 Å². The summed E-state index contributed by atoms with van der Waals surface area (Å²) in [6.07, 6.45) is 0.734. The number of nitriles is 1. The number of nitrogen functional groups attached to an aromatic ring is 1.